The van der Waals surface area contributed by atoms with E-state index in [1.54, 1.807) is 10.7 Å². The van der Waals surface area contributed by atoms with E-state index in [0.29, 0.717) is 18.1 Å². The molecule has 0 aliphatic carbocycles. The van der Waals surface area contributed by atoms with Crippen LogP contribution < -0.4 is 0 Å². The standard InChI is InChI=1S/C22H15BrF2N2O3/c1-11-4-2-5-15(23)14(11)10-27-18-7-3-6-16(24)20(18)21(26-27)12-9-19(28)13(22(29)30)8-17(12)25/h2-9,28H,10H2,1H3,(H,29,30). The summed E-state index contributed by atoms with van der Waals surface area (Å²) in [4.78, 5) is 11.1. The monoisotopic (exact) mass is 472 g/mol. The molecular weight excluding hydrogens is 458 g/mol. The molecule has 0 spiro atoms. The van der Waals surface area contributed by atoms with Gasteiger partial charge >= 0.3 is 5.97 Å². The van der Waals surface area contributed by atoms with Crippen molar-refractivity contribution in [2.24, 2.45) is 0 Å². The lowest BCUT2D eigenvalue weighted by Gasteiger charge is -2.09. The first kappa shape index (κ1) is 20.0. The SMILES string of the molecule is Cc1cccc(Br)c1Cn1nc(-c2cc(O)c(C(=O)O)cc2F)c2c(F)cccc21. The van der Waals surface area contributed by atoms with Gasteiger partial charge in [0.1, 0.15) is 28.6 Å². The van der Waals surface area contributed by atoms with Crippen molar-refractivity contribution < 1.29 is 23.8 Å². The zero-order valence-corrected chi connectivity index (χ0v) is 17.2. The topological polar surface area (TPSA) is 75.3 Å². The number of nitrogens with zero attached hydrogens (tertiary/aromatic N) is 2. The van der Waals surface area contributed by atoms with E-state index in [0.717, 1.165) is 21.7 Å². The average Bonchev–Trinajstić information content (AvgIpc) is 3.06. The maximum atomic E-state index is 14.7. The Balaban J connectivity index is 1.95. The third-order valence-corrected chi connectivity index (χ3v) is 5.70. The van der Waals surface area contributed by atoms with Gasteiger partial charge in [0.05, 0.1) is 17.4 Å². The van der Waals surface area contributed by atoms with Crippen molar-refractivity contribution >= 4 is 32.8 Å². The van der Waals surface area contributed by atoms with Crippen LogP contribution in [0, 0.1) is 18.6 Å². The van der Waals surface area contributed by atoms with E-state index in [1.165, 1.54) is 12.1 Å². The van der Waals surface area contributed by atoms with Gasteiger partial charge < -0.3 is 10.2 Å². The van der Waals surface area contributed by atoms with Crippen molar-refractivity contribution in [2.75, 3.05) is 0 Å². The Morgan fingerprint density at radius 2 is 1.87 bits per heavy atom. The zero-order valence-electron chi connectivity index (χ0n) is 15.7. The molecule has 152 valence electrons. The van der Waals surface area contributed by atoms with Gasteiger partial charge in [-0.05, 0) is 48.4 Å². The minimum absolute atomic E-state index is 0.0162. The zero-order chi connectivity index (χ0) is 21.6. The van der Waals surface area contributed by atoms with Gasteiger partial charge in [-0.2, -0.15) is 5.10 Å². The molecule has 4 aromatic rings. The number of aromatic nitrogens is 2. The first-order valence-electron chi connectivity index (χ1n) is 8.93. The van der Waals surface area contributed by atoms with E-state index >= 15 is 0 Å². The number of halogens is 3. The number of phenols is 1. The molecule has 8 heteroatoms. The van der Waals surface area contributed by atoms with Crippen LogP contribution in [-0.2, 0) is 6.54 Å². The number of hydrogen-bond acceptors (Lipinski definition) is 3. The van der Waals surface area contributed by atoms with Crippen LogP contribution in [0.2, 0.25) is 0 Å². The number of rotatable bonds is 4. The Hall–Kier alpha value is -3.26. The number of hydrogen-bond donors (Lipinski definition) is 2. The Kier molecular flexibility index (Phi) is 5.03. The number of benzene rings is 3. The van der Waals surface area contributed by atoms with Crippen LogP contribution in [-0.4, -0.2) is 26.0 Å². The molecular formula is C22H15BrF2N2O3. The molecule has 0 aliphatic heterocycles. The molecule has 30 heavy (non-hydrogen) atoms. The fourth-order valence-corrected chi connectivity index (χ4v) is 4.02. The van der Waals surface area contributed by atoms with Crippen LogP contribution in [0.1, 0.15) is 21.5 Å². The molecule has 0 amide bonds. The summed E-state index contributed by atoms with van der Waals surface area (Å²) < 4.78 is 31.9. The minimum Gasteiger partial charge on any atom is -0.507 e. The fraction of sp³-hybridized carbons (Fsp3) is 0.0909. The molecule has 3 aromatic carbocycles. The third-order valence-electron chi connectivity index (χ3n) is 4.96. The molecule has 0 fully saturated rings. The van der Waals surface area contributed by atoms with Gasteiger partial charge in [0.2, 0.25) is 0 Å². The first-order valence-corrected chi connectivity index (χ1v) is 9.72. The van der Waals surface area contributed by atoms with Crippen molar-refractivity contribution in [3.05, 3.63) is 81.3 Å². The highest BCUT2D eigenvalue weighted by Gasteiger charge is 2.22. The summed E-state index contributed by atoms with van der Waals surface area (Å²) in [6, 6.07) is 11.8. The van der Waals surface area contributed by atoms with Crippen LogP contribution in [0.25, 0.3) is 22.2 Å². The quantitative estimate of drug-likeness (QED) is 0.410. The summed E-state index contributed by atoms with van der Waals surface area (Å²) >= 11 is 3.51. The van der Waals surface area contributed by atoms with E-state index in [2.05, 4.69) is 21.0 Å². The summed E-state index contributed by atoms with van der Waals surface area (Å²) in [5.41, 5.74) is 1.60. The number of aromatic carboxylic acids is 1. The summed E-state index contributed by atoms with van der Waals surface area (Å²) in [5.74, 6) is -3.61. The number of carboxylic acids is 1. The second-order valence-electron chi connectivity index (χ2n) is 6.83. The lowest BCUT2D eigenvalue weighted by Crippen LogP contribution is -2.04. The molecule has 0 bridgehead atoms. The van der Waals surface area contributed by atoms with E-state index < -0.39 is 28.9 Å². The second-order valence-corrected chi connectivity index (χ2v) is 7.68. The molecule has 0 saturated carbocycles. The Bertz CT molecular complexity index is 1300. The molecule has 5 nitrogen and oxygen atoms in total. The summed E-state index contributed by atoms with van der Waals surface area (Å²) in [5, 5.41) is 23.6. The molecule has 0 saturated heterocycles. The van der Waals surface area contributed by atoms with Crippen LogP contribution in [0.3, 0.4) is 0 Å². The maximum Gasteiger partial charge on any atom is 0.339 e. The van der Waals surface area contributed by atoms with Crippen LogP contribution in [0.4, 0.5) is 8.78 Å². The number of aryl methyl sites for hydroxylation is 1. The first-order chi connectivity index (χ1) is 14.3. The maximum absolute atomic E-state index is 14.7. The summed E-state index contributed by atoms with van der Waals surface area (Å²) in [7, 11) is 0. The van der Waals surface area contributed by atoms with Gasteiger partial charge in [0.25, 0.3) is 0 Å². The van der Waals surface area contributed by atoms with E-state index in [1.807, 2.05) is 25.1 Å². The van der Waals surface area contributed by atoms with Crippen molar-refractivity contribution in [3.8, 4) is 17.0 Å². The Labute approximate surface area is 178 Å². The molecule has 2 N–H and O–H groups in total. The highest BCUT2D eigenvalue weighted by molar-refractivity contribution is 9.10. The van der Waals surface area contributed by atoms with Gasteiger partial charge in [0.15, 0.2) is 0 Å². The smallest absolute Gasteiger partial charge is 0.339 e. The van der Waals surface area contributed by atoms with E-state index in [9.17, 15) is 18.7 Å². The summed E-state index contributed by atoms with van der Waals surface area (Å²) in [6.07, 6.45) is 0. The van der Waals surface area contributed by atoms with Crippen LogP contribution >= 0.6 is 15.9 Å². The van der Waals surface area contributed by atoms with E-state index in [-0.39, 0.29) is 16.6 Å². The van der Waals surface area contributed by atoms with Gasteiger partial charge in [-0.3, -0.25) is 4.68 Å². The molecule has 0 atom stereocenters. The minimum atomic E-state index is -1.47. The van der Waals surface area contributed by atoms with Crippen LogP contribution in [0.5, 0.6) is 5.75 Å². The Morgan fingerprint density at radius 3 is 2.57 bits per heavy atom. The van der Waals surface area contributed by atoms with Crippen molar-refractivity contribution in [3.63, 3.8) is 0 Å². The number of aromatic hydroxyl groups is 1. The second kappa shape index (κ2) is 7.53. The van der Waals surface area contributed by atoms with Crippen LogP contribution in [0.15, 0.2) is 53.0 Å². The molecule has 0 aliphatic rings. The van der Waals surface area contributed by atoms with Crippen molar-refractivity contribution in [1.82, 2.24) is 9.78 Å². The van der Waals surface area contributed by atoms with E-state index in [4.69, 9.17) is 5.11 Å². The lowest BCUT2D eigenvalue weighted by molar-refractivity contribution is 0.0693. The molecule has 1 aromatic heterocycles. The fourth-order valence-electron chi connectivity index (χ4n) is 3.43. The Morgan fingerprint density at radius 1 is 1.13 bits per heavy atom. The summed E-state index contributed by atoms with van der Waals surface area (Å²) in [6.45, 7) is 2.24. The molecule has 0 radical (unpaired) electrons. The number of carboxylic acid groups (broad SMARTS) is 1. The van der Waals surface area contributed by atoms with Gasteiger partial charge in [-0.1, -0.05) is 34.1 Å². The third kappa shape index (κ3) is 3.33. The highest BCUT2D eigenvalue weighted by atomic mass is 79.9. The van der Waals surface area contributed by atoms with Gasteiger partial charge in [-0.25, -0.2) is 13.6 Å². The number of carbonyl (C=O) groups is 1. The van der Waals surface area contributed by atoms with Crippen molar-refractivity contribution in [1.29, 1.82) is 0 Å². The predicted molar refractivity (Wildman–Crippen MR) is 112 cm³/mol. The lowest BCUT2D eigenvalue weighted by atomic mass is 10.0. The molecule has 0 unspecified atom stereocenters. The highest BCUT2D eigenvalue weighted by Crippen LogP contribution is 2.35. The molecule has 4 rings (SSSR count). The predicted octanol–water partition coefficient (Wildman–Crippen LogP) is 5.50. The average molecular weight is 473 g/mol. The number of fused-ring (bicyclic) bond motifs is 1. The molecule has 1 heterocycles. The van der Waals surface area contributed by atoms with Gasteiger partial charge in [-0.15, -0.1) is 0 Å². The normalized spacial score (nSPS) is 11.2. The largest absolute Gasteiger partial charge is 0.507 e. The van der Waals surface area contributed by atoms with Gasteiger partial charge in [0, 0.05) is 10.0 Å². The van der Waals surface area contributed by atoms with Crippen molar-refractivity contribution in [2.45, 2.75) is 13.5 Å².